The second-order valence-corrected chi connectivity index (χ2v) is 6.20. The maximum Gasteiger partial charge on any atom is 0.317 e. The minimum absolute atomic E-state index is 0.0381. The average molecular weight is 331 g/mol. The normalized spacial score (nSPS) is 20.1. The summed E-state index contributed by atoms with van der Waals surface area (Å²) in [4.78, 5) is 29.4. The molecule has 2 aromatic heterocycles. The summed E-state index contributed by atoms with van der Waals surface area (Å²) in [5.41, 5.74) is 2.14. The minimum Gasteiger partial charge on any atom is -0.480 e. The third-order valence-corrected chi connectivity index (χ3v) is 4.45. The molecular formula is C17H21N3O4. The van der Waals surface area contributed by atoms with Gasteiger partial charge >= 0.3 is 5.97 Å². The summed E-state index contributed by atoms with van der Waals surface area (Å²) >= 11 is 0. The van der Waals surface area contributed by atoms with Crippen molar-refractivity contribution in [2.45, 2.75) is 38.8 Å². The first-order chi connectivity index (χ1) is 11.5. The van der Waals surface area contributed by atoms with Gasteiger partial charge in [-0.2, -0.15) is 0 Å². The zero-order chi connectivity index (χ0) is 17.3. The molecule has 7 heteroatoms. The summed E-state index contributed by atoms with van der Waals surface area (Å²) in [6.45, 7) is 4.55. The highest BCUT2D eigenvalue weighted by Crippen LogP contribution is 2.26. The fraction of sp³-hybridized carbons (Fsp3) is 0.471. The summed E-state index contributed by atoms with van der Waals surface area (Å²) in [6.07, 6.45) is 1.51. The number of aromatic nitrogens is 1. The van der Waals surface area contributed by atoms with Gasteiger partial charge in [-0.05, 0) is 38.4 Å². The van der Waals surface area contributed by atoms with Crippen LogP contribution in [0.4, 0.5) is 0 Å². The molecule has 0 aliphatic heterocycles. The van der Waals surface area contributed by atoms with E-state index in [9.17, 15) is 9.59 Å². The van der Waals surface area contributed by atoms with E-state index in [4.69, 9.17) is 9.52 Å². The number of nitrogens with one attached hydrogen (secondary N) is 1. The number of nitrogens with zero attached hydrogens (tertiary/aromatic N) is 2. The Bertz CT molecular complexity index is 764. The van der Waals surface area contributed by atoms with E-state index in [0.717, 1.165) is 18.5 Å². The predicted molar refractivity (Wildman–Crippen MR) is 87.9 cm³/mol. The van der Waals surface area contributed by atoms with Crippen LogP contribution in [-0.2, 0) is 4.79 Å². The number of aliphatic carboxylic acids is 1. The van der Waals surface area contributed by atoms with Gasteiger partial charge in [-0.15, -0.1) is 0 Å². The number of carbonyl (C=O) groups excluding carboxylic acids is 1. The molecule has 1 aliphatic rings. The number of furan rings is 1. The predicted octanol–water partition coefficient (Wildman–Crippen LogP) is 1.80. The molecule has 0 bridgehead atoms. The Morgan fingerprint density at radius 1 is 1.42 bits per heavy atom. The van der Waals surface area contributed by atoms with E-state index in [1.165, 1.54) is 0 Å². The molecule has 2 N–H and O–H groups in total. The fourth-order valence-electron chi connectivity index (χ4n) is 3.07. The number of fused-ring (bicyclic) bond motifs is 1. The Labute approximate surface area is 139 Å². The first-order valence-corrected chi connectivity index (χ1v) is 8.10. The average Bonchev–Trinajstić information content (AvgIpc) is 2.91. The van der Waals surface area contributed by atoms with Crippen LogP contribution < -0.4 is 5.32 Å². The molecular weight excluding hydrogens is 310 g/mol. The van der Waals surface area contributed by atoms with Gasteiger partial charge in [-0.25, -0.2) is 4.98 Å². The van der Waals surface area contributed by atoms with E-state index in [-0.39, 0.29) is 30.3 Å². The Morgan fingerprint density at radius 2 is 2.17 bits per heavy atom. The van der Waals surface area contributed by atoms with Crippen LogP contribution in [-0.4, -0.2) is 52.0 Å². The molecule has 1 amide bonds. The second-order valence-electron chi connectivity index (χ2n) is 6.20. The molecule has 0 unspecified atom stereocenters. The molecule has 3 rings (SSSR count). The number of carboxylic acids is 1. The quantitative estimate of drug-likeness (QED) is 0.838. The van der Waals surface area contributed by atoms with E-state index < -0.39 is 5.97 Å². The van der Waals surface area contributed by atoms with Crippen molar-refractivity contribution in [1.82, 2.24) is 15.2 Å². The van der Waals surface area contributed by atoms with Gasteiger partial charge in [-0.3, -0.25) is 14.5 Å². The van der Waals surface area contributed by atoms with Gasteiger partial charge in [0.25, 0.3) is 5.91 Å². The van der Waals surface area contributed by atoms with Crippen LogP contribution in [0.1, 0.15) is 36.0 Å². The van der Waals surface area contributed by atoms with E-state index in [0.29, 0.717) is 17.6 Å². The molecule has 0 saturated heterocycles. The lowest BCUT2D eigenvalue weighted by atomic mass is 9.85. The molecule has 2 aromatic rings. The number of hydrogen-bond donors (Lipinski definition) is 2. The first kappa shape index (κ1) is 16.4. The third kappa shape index (κ3) is 3.41. The number of rotatable bonds is 6. The molecule has 0 spiro atoms. The lowest BCUT2D eigenvalue weighted by Gasteiger charge is -2.42. The van der Waals surface area contributed by atoms with Crippen molar-refractivity contribution < 1.29 is 19.1 Å². The smallest absolute Gasteiger partial charge is 0.317 e. The largest absolute Gasteiger partial charge is 0.480 e. The van der Waals surface area contributed by atoms with Crippen molar-refractivity contribution in [3.8, 4) is 0 Å². The monoisotopic (exact) mass is 331 g/mol. The molecule has 2 heterocycles. The lowest BCUT2D eigenvalue weighted by Crippen LogP contribution is -2.54. The van der Waals surface area contributed by atoms with Crippen molar-refractivity contribution in [2.24, 2.45) is 0 Å². The number of pyridine rings is 1. The van der Waals surface area contributed by atoms with Crippen molar-refractivity contribution in [1.29, 1.82) is 0 Å². The molecule has 0 atom stereocenters. The Kier molecular flexibility index (Phi) is 4.53. The molecule has 7 nitrogen and oxygen atoms in total. The number of likely N-dealkylation sites (N-methyl/N-ethyl adjacent to an activating group) is 1. The van der Waals surface area contributed by atoms with Crippen LogP contribution in [0.2, 0.25) is 0 Å². The van der Waals surface area contributed by atoms with E-state index in [1.807, 2.05) is 24.8 Å². The second kappa shape index (κ2) is 6.60. The maximum atomic E-state index is 12.3. The highest BCUT2D eigenvalue weighted by Gasteiger charge is 2.35. The number of carboxylic acid groups (broad SMARTS) is 1. The zero-order valence-corrected chi connectivity index (χ0v) is 13.8. The van der Waals surface area contributed by atoms with Crippen molar-refractivity contribution in [3.63, 3.8) is 0 Å². The Hall–Kier alpha value is -2.41. The van der Waals surface area contributed by atoms with Gasteiger partial charge in [0.1, 0.15) is 5.52 Å². The van der Waals surface area contributed by atoms with Crippen LogP contribution in [0.15, 0.2) is 22.6 Å². The topological polar surface area (TPSA) is 95.7 Å². The van der Waals surface area contributed by atoms with Crippen LogP contribution in [0, 0.1) is 6.92 Å². The molecule has 1 aliphatic carbocycles. The summed E-state index contributed by atoms with van der Waals surface area (Å²) in [7, 11) is 0. The fourth-order valence-corrected chi connectivity index (χ4v) is 3.07. The van der Waals surface area contributed by atoms with E-state index in [1.54, 1.807) is 12.1 Å². The van der Waals surface area contributed by atoms with Crippen molar-refractivity contribution >= 4 is 23.0 Å². The molecule has 24 heavy (non-hydrogen) atoms. The summed E-state index contributed by atoms with van der Waals surface area (Å²) in [5, 5.41) is 11.8. The van der Waals surface area contributed by atoms with Gasteiger partial charge in [0, 0.05) is 23.8 Å². The van der Waals surface area contributed by atoms with Crippen molar-refractivity contribution in [3.05, 3.63) is 29.7 Å². The minimum atomic E-state index is -0.825. The highest BCUT2D eigenvalue weighted by atomic mass is 16.4. The van der Waals surface area contributed by atoms with Crippen LogP contribution >= 0.6 is 0 Å². The van der Waals surface area contributed by atoms with Crippen LogP contribution in [0.3, 0.4) is 0 Å². The number of amides is 1. The standard InChI is InChI=1S/C17H21N3O4/c1-3-20(9-16(21)22)12-6-11(7-12)19-17(23)15-8-13-14(24-15)5-4-10(2)18-13/h4-5,8,11-12H,3,6-7,9H2,1-2H3,(H,19,23)(H,21,22). The molecule has 1 fully saturated rings. The summed E-state index contributed by atoms with van der Waals surface area (Å²) < 4.78 is 5.54. The SMILES string of the molecule is CCN(CC(=O)O)C1CC(NC(=O)c2cc3nc(C)ccc3o2)C1. The van der Waals surface area contributed by atoms with Gasteiger partial charge < -0.3 is 14.8 Å². The molecule has 0 radical (unpaired) electrons. The first-order valence-electron chi connectivity index (χ1n) is 8.10. The Morgan fingerprint density at radius 3 is 2.83 bits per heavy atom. The van der Waals surface area contributed by atoms with Gasteiger partial charge in [0.2, 0.25) is 0 Å². The molecule has 128 valence electrons. The molecule has 1 saturated carbocycles. The van der Waals surface area contributed by atoms with Crippen LogP contribution in [0.5, 0.6) is 0 Å². The summed E-state index contributed by atoms with van der Waals surface area (Å²) in [6, 6.07) is 5.55. The Balaban J connectivity index is 1.57. The summed E-state index contributed by atoms with van der Waals surface area (Å²) in [5.74, 6) is -0.825. The lowest BCUT2D eigenvalue weighted by molar-refractivity contribution is -0.139. The highest BCUT2D eigenvalue weighted by molar-refractivity contribution is 5.95. The van der Waals surface area contributed by atoms with E-state index >= 15 is 0 Å². The van der Waals surface area contributed by atoms with Gasteiger partial charge in [-0.1, -0.05) is 6.92 Å². The number of carbonyl (C=O) groups is 2. The molecule has 0 aromatic carbocycles. The number of aryl methyl sites for hydroxylation is 1. The van der Waals surface area contributed by atoms with Crippen LogP contribution in [0.25, 0.3) is 11.1 Å². The van der Waals surface area contributed by atoms with Gasteiger partial charge in [0.15, 0.2) is 11.3 Å². The van der Waals surface area contributed by atoms with E-state index in [2.05, 4.69) is 10.3 Å². The van der Waals surface area contributed by atoms with Gasteiger partial charge in [0.05, 0.1) is 6.54 Å². The number of hydrogen-bond acceptors (Lipinski definition) is 5. The third-order valence-electron chi connectivity index (χ3n) is 4.45. The maximum absolute atomic E-state index is 12.3. The zero-order valence-electron chi connectivity index (χ0n) is 13.8. The van der Waals surface area contributed by atoms with Crippen molar-refractivity contribution in [2.75, 3.05) is 13.1 Å².